The Morgan fingerprint density at radius 1 is 1.18 bits per heavy atom. The molecular weight excluding hydrogens is 278 g/mol. The number of rotatable bonds is 8. The maximum Gasteiger partial charge on any atom is 0.303 e. The molecular formula is C18H33NO3. The van der Waals surface area contributed by atoms with Crippen LogP contribution in [0.15, 0.2) is 0 Å². The molecule has 0 saturated carbocycles. The lowest BCUT2D eigenvalue weighted by Crippen LogP contribution is -2.29. The van der Waals surface area contributed by atoms with E-state index in [1.807, 2.05) is 4.90 Å². The molecule has 1 heterocycles. The molecule has 22 heavy (non-hydrogen) atoms. The summed E-state index contributed by atoms with van der Waals surface area (Å²) >= 11 is 0. The van der Waals surface area contributed by atoms with Crippen LogP contribution >= 0.6 is 0 Å². The molecule has 2 atom stereocenters. The van der Waals surface area contributed by atoms with Gasteiger partial charge in [-0.3, -0.25) is 9.59 Å². The van der Waals surface area contributed by atoms with Gasteiger partial charge in [0.05, 0.1) is 6.42 Å². The number of carboxylic acid groups (broad SMARTS) is 1. The van der Waals surface area contributed by atoms with Crippen molar-refractivity contribution >= 4 is 11.9 Å². The minimum Gasteiger partial charge on any atom is -0.481 e. The first-order valence-electron chi connectivity index (χ1n) is 8.64. The summed E-state index contributed by atoms with van der Waals surface area (Å²) < 4.78 is 0. The zero-order valence-electron chi connectivity index (χ0n) is 14.9. The van der Waals surface area contributed by atoms with Crippen LogP contribution in [0.5, 0.6) is 0 Å². The van der Waals surface area contributed by atoms with Crippen molar-refractivity contribution < 1.29 is 14.7 Å². The monoisotopic (exact) mass is 311 g/mol. The highest BCUT2D eigenvalue weighted by Crippen LogP contribution is 2.39. The van der Waals surface area contributed by atoms with Crippen molar-refractivity contribution in [2.24, 2.45) is 23.2 Å². The first kappa shape index (κ1) is 19.0. The van der Waals surface area contributed by atoms with Crippen LogP contribution in [0.3, 0.4) is 0 Å². The molecule has 4 nitrogen and oxygen atoms in total. The fourth-order valence-electron chi connectivity index (χ4n) is 3.47. The predicted molar refractivity (Wildman–Crippen MR) is 88.6 cm³/mol. The molecule has 1 N–H and O–H groups in total. The number of carbonyl (C=O) groups is 2. The smallest absolute Gasteiger partial charge is 0.303 e. The Kier molecular flexibility index (Phi) is 6.89. The lowest BCUT2D eigenvalue weighted by Gasteiger charge is -2.29. The third-order valence-corrected chi connectivity index (χ3v) is 5.03. The number of nitrogens with zero attached hydrogens (tertiary/aromatic N) is 1. The van der Waals surface area contributed by atoms with Gasteiger partial charge in [0.25, 0.3) is 0 Å². The maximum atomic E-state index is 12.2. The lowest BCUT2D eigenvalue weighted by atomic mass is 9.75. The topological polar surface area (TPSA) is 57.6 Å². The normalized spacial score (nSPS) is 22.4. The standard InChI is InChI=1S/C18H33NO3/c1-6-18(4,5)10-15-12-19(11-14(15)9-13(2)3)16(20)7-8-17(21)22/h13-15H,6-12H2,1-5H3,(H,21,22). The van der Waals surface area contributed by atoms with E-state index in [0.29, 0.717) is 23.2 Å². The van der Waals surface area contributed by atoms with Gasteiger partial charge in [-0.05, 0) is 36.0 Å². The number of hydrogen-bond donors (Lipinski definition) is 1. The van der Waals surface area contributed by atoms with E-state index >= 15 is 0 Å². The summed E-state index contributed by atoms with van der Waals surface area (Å²) in [5, 5.41) is 8.74. The van der Waals surface area contributed by atoms with Crippen molar-refractivity contribution in [2.45, 2.75) is 66.7 Å². The van der Waals surface area contributed by atoms with Gasteiger partial charge in [0.2, 0.25) is 5.91 Å². The number of hydrogen-bond acceptors (Lipinski definition) is 2. The van der Waals surface area contributed by atoms with Crippen molar-refractivity contribution in [3.05, 3.63) is 0 Å². The highest BCUT2D eigenvalue weighted by Gasteiger charge is 2.37. The third kappa shape index (κ3) is 5.98. The molecule has 128 valence electrons. The highest BCUT2D eigenvalue weighted by molar-refractivity contribution is 5.80. The van der Waals surface area contributed by atoms with E-state index in [1.165, 1.54) is 0 Å². The molecule has 1 aliphatic heterocycles. The molecule has 1 fully saturated rings. The first-order chi connectivity index (χ1) is 10.1. The van der Waals surface area contributed by atoms with Crippen LogP contribution in [-0.2, 0) is 9.59 Å². The van der Waals surface area contributed by atoms with Gasteiger partial charge < -0.3 is 10.0 Å². The van der Waals surface area contributed by atoms with Gasteiger partial charge in [0.15, 0.2) is 0 Å². The number of aliphatic carboxylic acids is 1. The molecule has 1 saturated heterocycles. The Morgan fingerprint density at radius 2 is 1.77 bits per heavy atom. The molecule has 0 spiro atoms. The molecule has 0 aliphatic carbocycles. The zero-order chi connectivity index (χ0) is 16.9. The quantitative estimate of drug-likeness (QED) is 0.742. The molecule has 0 aromatic carbocycles. The van der Waals surface area contributed by atoms with Crippen LogP contribution in [-0.4, -0.2) is 35.0 Å². The second kappa shape index (κ2) is 7.98. The van der Waals surface area contributed by atoms with E-state index in [4.69, 9.17) is 5.11 Å². The second-order valence-corrected chi connectivity index (χ2v) is 8.06. The van der Waals surface area contributed by atoms with Crippen molar-refractivity contribution in [1.82, 2.24) is 4.90 Å². The van der Waals surface area contributed by atoms with E-state index in [2.05, 4.69) is 34.6 Å². The largest absolute Gasteiger partial charge is 0.481 e. The highest BCUT2D eigenvalue weighted by atomic mass is 16.4. The van der Waals surface area contributed by atoms with E-state index in [1.54, 1.807) is 0 Å². The van der Waals surface area contributed by atoms with Gasteiger partial charge in [0.1, 0.15) is 0 Å². The van der Waals surface area contributed by atoms with Crippen molar-refractivity contribution in [3.63, 3.8) is 0 Å². The summed E-state index contributed by atoms with van der Waals surface area (Å²) in [5.74, 6) is 0.847. The van der Waals surface area contributed by atoms with Crippen molar-refractivity contribution in [3.8, 4) is 0 Å². The predicted octanol–water partition coefficient (Wildman–Crippen LogP) is 3.80. The number of amides is 1. The molecule has 4 heteroatoms. The molecule has 1 aliphatic rings. The molecule has 1 amide bonds. The van der Waals surface area contributed by atoms with Crippen molar-refractivity contribution in [2.75, 3.05) is 13.1 Å². The number of likely N-dealkylation sites (tertiary alicyclic amines) is 1. The van der Waals surface area contributed by atoms with E-state index in [-0.39, 0.29) is 18.7 Å². The lowest BCUT2D eigenvalue weighted by molar-refractivity contribution is -0.140. The molecule has 0 aromatic rings. The molecule has 0 aromatic heterocycles. The summed E-state index contributed by atoms with van der Waals surface area (Å²) in [7, 11) is 0. The molecule has 1 rings (SSSR count). The van der Waals surface area contributed by atoms with Gasteiger partial charge >= 0.3 is 5.97 Å². The third-order valence-electron chi connectivity index (χ3n) is 5.03. The van der Waals surface area contributed by atoms with Crippen LogP contribution in [0.1, 0.15) is 66.7 Å². The van der Waals surface area contributed by atoms with Crippen LogP contribution in [0.2, 0.25) is 0 Å². The van der Waals surface area contributed by atoms with E-state index in [9.17, 15) is 9.59 Å². The SMILES string of the molecule is CCC(C)(C)CC1CN(C(=O)CCC(=O)O)CC1CC(C)C. The van der Waals surface area contributed by atoms with Gasteiger partial charge in [-0.25, -0.2) is 0 Å². The Labute approximate surface area is 135 Å². The molecule has 0 radical (unpaired) electrons. The summed E-state index contributed by atoms with van der Waals surface area (Å²) in [4.78, 5) is 24.8. The van der Waals surface area contributed by atoms with Gasteiger partial charge in [0, 0.05) is 19.5 Å². The van der Waals surface area contributed by atoms with Crippen LogP contribution in [0, 0.1) is 23.2 Å². The number of carboxylic acids is 1. The summed E-state index contributed by atoms with van der Waals surface area (Å²) in [6, 6.07) is 0. The fourth-order valence-corrected chi connectivity index (χ4v) is 3.47. The fraction of sp³-hybridized carbons (Fsp3) is 0.889. The first-order valence-corrected chi connectivity index (χ1v) is 8.64. The van der Waals surface area contributed by atoms with Crippen LogP contribution in [0.4, 0.5) is 0 Å². The summed E-state index contributed by atoms with van der Waals surface area (Å²) in [5.41, 5.74) is 0.306. The Balaban J connectivity index is 2.69. The minimum atomic E-state index is -0.894. The molecule has 2 unspecified atom stereocenters. The summed E-state index contributed by atoms with van der Waals surface area (Å²) in [6.45, 7) is 12.9. The van der Waals surface area contributed by atoms with Crippen LogP contribution < -0.4 is 0 Å². The maximum absolute atomic E-state index is 12.2. The summed E-state index contributed by atoms with van der Waals surface area (Å²) in [6.07, 6.45) is 3.50. The van der Waals surface area contributed by atoms with Gasteiger partial charge in [-0.1, -0.05) is 41.0 Å². The zero-order valence-corrected chi connectivity index (χ0v) is 14.9. The Morgan fingerprint density at radius 3 is 2.27 bits per heavy atom. The van der Waals surface area contributed by atoms with E-state index in [0.717, 1.165) is 32.4 Å². The average molecular weight is 311 g/mol. The second-order valence-electron chi connectivity index (χ2n) is 8.06. The van der Waals surface area contributed by atoms with E-state index < -0.39 is 5.97 Å². The average Bonchev–Trinajstić information content (AvgIpc) is 2.77. The Hall–Kier alpha value is -1.06. The number of carbonyl (C=O) groups excluding carboxylic acids is 1. The van der Waals surface area contributed by atoms with Crippen LogP contribution in [0.25, 0.3) is 0 Å². The molecule has 0 bridgehead atoms. The Bertz CT molecular complexity index is 390. The van der Waals surface area contributed by atoms with Crippen molar-refractivity contribution in [1.29, 1.82) is 0 Å². The van der Waals surface area contributed by atoms with Gasteiger partial charge in [-0.15, -0.1) is 0 Å². The minimum absolute atomic E-state index is 0.00737. The van der Waals surface area contributed by atoms with Gasteiger partial charge in [-0.2, -0.15) is 0 Å².